The summed E-state index contributed by atoms with van der Waals surface area (Å²) in [5.74, 6) is 0.652. The lowest BCUT2D eigenvalue weighted by molar-refractivity contribution is 0.110. The van der Waals surface area contributed by atoms with Crippen molar-refractivity contribution >= 4 is 11.6 Å². The highest BCUT2D eigenvalue weighted by Gasteiger charge is 2.01. The summed E-state index contributed by atoms with van der Waals surface area (Å²) in [7, 11) is 0. The molecule has 0 aromatic heterocycles. The molecular formula is C11H12ClNO2. The molecule has 3 nitrogen and oxygen atoms in total. The molecule has 1 aromatic rings. The molecule has 0 aliphatic carbocycles. The van der Waals surface area contributed by atoms with Crippen molar-refractivity contribution in [2.45, 2.75) is 6.92 Å². The molecule has 0 saturated carbocycles. The maximum absolute atomic E-state index is 8.66. The second-order valence-electron chi connectivity index (χ2n) is 2.80. The van der Waals surface area contributed by atoms with Gasteiger partial charge in [-0.3, -0.25) is 0 Å². The zero-order chi connectivity index (χ0) is 11.1. The van der Waals surface area contributed by atoms with Gasteiger partial charge in [-0.15, -0.1) is 0 Å². The Hall–Kier alpha value is -1.24. The lowest BCUT2D eigenvalue weighted by Gasteiger charge is -2.06. The molecule has 0 unspecified atom stereocenters. The smallest absolute Gasteiger partial charge is 0.120 e. The van der Waals surface area contributed by atoms with Crippen LogP contribution in [0, 0.1) is 11.3 Å². The van der Waals surface area contributed by atoms with Gasteiger partial charge in [-0.2, -0.15) is 5.26 Å². The van der Waals surface area contributed by atoms with Crippen LogP contribution in [0.5, 0.6) is 5.75 Å². The first-order chi connectivity index (χ1) is 7.27. The van der Waals surface area contributed by atoms with E-state index in [0.29, 0.717) is 36.2 Å². The summed E-state index contributed by atoms with van der Waals surface area (Å²) < 4.78 is 10.5. The summed E-state index contributed by atoms with van der Waals surface area (Å²) in [6.07, 6.45) is 0. The van der Waals surface area contributed by atoms with Gasteiger partial charge in [0.1, 0.15) is 18.4 Å². The Labute approximate surface area is 94.2 Å². The first kappa shape index (κ1) is 11.8. The Morgan fingerprint density at radius 3 is 2.80 bits per heavy atom. The number of benzene rings is 1. The van der Waals surface area contributed by atoms with Crippen molar-refractivity contribution in [2.75, 3.05) is 19.8 Å². The molecule has 0 saturated heterocycles. The maximum Gasteiger partial charge on any atom is 0.120 e. The minimum atomic E-state index is 0.409. The van der Waals surface area contributed by atoms with Crippen LogP contribution in [0.1, 0.15) is 12.5 Å². The van der Waals surface area contributed by atoms with E-state index in [1.165, 1.54) is 0 Å². The minimum Gasteiger partial charge on any atom is -0.491 e. The molecule has 0 aliphatic rings. The molecule has 0 atom stereocenters. The van der Waals surface area contributed by atoms with Crippen LogP contribution in [0.25, 0.3) is 0 Å². The van der Waals surface area contributed by atoms with Crippen LogP contribution < -0.4 is 4.74 Å². The van der Waals surface area contributed by atoms with Crippen molar-refractivity contribution in [3.8, 4) is 11.8 Å². The van der Waals surface area contributed by atoms with E-state index in [0.717, 1.165) is 0 Å². The van der Waals surface area contributed by atoms with Gasteiger partial charge >= 0.3 is 0 Å². The number of nitriles is 1. The number of ether oxygens (including phenoxy) is 2. The van der Waals surface area contributed by atoms with E-state index in [4.69, 9.17) is 26.3 Å². The highest BCUT2D eigenvalue weighted by atomic mass is 35.5. The summed E-state index contributed by atoms with van der Waals surface area (Å²) in [6.45, 7) is 3.64. The lowest BCUT2D eigenvalue weighted by atomic mass is 10.2. The largest absolute Gasteiger partial charge is 0.491 e. The highest BCUT2D eigenvalue weighted by molar-refractivity contribution is 6.31. The first-order valence-corrected chi connectivity index (χ1v) is 5.06. The number of hydrogen-bond acceptors (Lipinski definition) is 3. The predicted octanol–water partition coefficient (Wildman–Crippen LogP) is 2.63. The monoisotopic (exact) mass is 225 g/mol. The van der Waals surface area contributed by atoms with Gasteiger partial charge in [-0.1, -0.05) is 11.6 Å². The molecule has 4 heteroatoms. The van der Waals surface area contributed by atoms with Crippen LogP contribution in [0.4, 0.5) is 0 Å². The van der Waals surface area contributed by atoms with E-state index in [9.17, 15) is 0 Å². The van der Waals surface area contributed by atoms with Crippen LogP contribution in [-0.4, -0.2) is 19.8 Å². The summed E-state index contributed by atoms with van der Waals surface area (Å²) in [6, 6.07) is 6.97. The van der Waals surface area contributed by atoms with Crippen molar-refractivity contribution < 1.29 is 9.47 Å². The average Bonchev–Trinajstić information content (AvgIpc) is 2.25. The van der Waals surface area contributed by atoms with Crippen molar-refractivity contribution in [3.63, 3.8) is 0 Å². The summed E-state index contributed by atoms with van der Waals surface area (Å²) >= 11 is 5.84. The van der Waals surface area contributed by atoms with Crippen molar-refractivity contribution in [2.24, 2.45) is 0 Å². The van der Waals surface area contributed by atoms with Crippen molar-refractivity contribution in [1.29, 1.82) is 5.26 Å². The molecule has 0 radical (unpaired) electrons. The fraction of sp³-hybridized carbons (Fsp3) is 0.364. The van der Waals surface area contributed by atoms with Gasteiger partial charge in [0, 0.05) is 12.7 Å². The molecule has 0 N–H and O–H groups in total. The van der Waals surface area contributed by atoms with Gasteiger partial charge in [0.05, 0.1) is 17.2 Å². The maximum atomic E-state index is 8.66. The van der Waals surface area contributed by atoms with E-state index < -0.39 is 0 Å². The quantitative estimate of drug-likeness (QED) is 0.724. The van der Waals surface area contributed by atoms with E-state index >= 15 is 0 Å². The molecule has 1 aromatic carbocycles. The third-order valence-electron chi connectivity index (χ3n) is 1.76. The van der Waals surface area contributed by atoms with Crippen LogP contribution in [0.3, 0.4) is 0 Å². The van der Waals surface area contributed by atoms with Gasteiger partial charge in [-0.05, 0) is 19.1 Å². The predicted molar refractivity (Wildman–Crippen MR) is 58.2 cm³/mol. The van der Waals surface area contributed by atoms with E-state index in [1.807, 2.05) is 13.0 Å². The first-order valence-electron chi connectivity index (χ1n) is 4.68. The zero-order valence-corrected chi connectivity index (χ0v) is 9.25. The summed E-state index contributed by atoms with van der Waals surface area (Å²) in [5.41, 5.74) is 0.453. The fourth-order valence-corrected chi connectivity index (χ4v) is 1.25. The Morgan fingerprint density at radius 1 is 1.40 bits per heavy atom. The number of rotatable bonds is 5. The molecule has 0 heterocycles. The summed E-state index contributed by atoms with van der Waals surface area (Å²) in [5, 5.41) is 9.07. The Bertz CT molecular complexity index is 360. The lowest BCUT2D eigenvalue weighted by Crippen LogP contribution is -2.06. The molecule has 0 fully saturated rings. The third-order valence-corrected chi connectivity index (χ3v) is 2.07. The van der Waals surface area contributed by atoms with Crippen molar-refractivity contribution in [1.82, 2.24) is 0 Å². The second-order valence-corrected chi connectivity index (χ2v) is 3.21. The molecule has 15 heavy (non-hydrogen) atoms. The van der Waals surface area contributed by atoms with Crippen LogP contribution >= 0.6 is 11.6 Å². The Kier molecular flexibility index (Phi) is 4.96. The third kappa shape index (κ3) is 3.78. The number of hydrogen-bond donors (Lipinski definition) is 0. The van der Waals surface area contributed by atoms with Gasteiger partial charge in [0.2, 0.25) is 0 Å². The van der Waals surface area contributed by atoms with E-state index in [2.05, 4.69) is 0 Å². The van der Waals surface area contributed by atoms with Gasteiger partial charge in [0.15, 0.2) is 0 Å². The Morgan fingerprint density at radius 2 is 2.20 bits per heavy atom. The van der Waals surface area contributed by atoms with E-state index in [-0.39, 0.29) is 0 Å². The SMILES string of the molecule is CCOCCOc1ccc(C#N)c(Cl)c1. The molecule has 80 valence electrons. The second kappa shape index (κ2) is 6.28. The fourth-order valence-electron chi connectivity index (χ4n) is 1.04. The molecular weight excluding hydrogens is 214 g/mol. The number of nitrogens with zero attached hydrogens (tertiary/aromatic N) is 1. The van der Waals surface area contributed by atoms with E-state index in [1.54, 1.807) is 18.2 Å². The minimum absolute atomic E-state index is 0.409. The standard InChI is InChI=1S/C11H12ClNO2/c1-2-14-5-6-15-10-4-3-9(8-13)11(12)7-10/h3-4,7H,2,5-6H2,1H3. The zero-order valence-electron chi connectivity index (χ0n) is 8.50. The highest BCUT2D eigenvalue weighted by Crippen LogP contribution is 2.21. The Balaban J connectivity index is 2.49. The topological polar surface area (TPSA) is 42.2 Å². The molecule has 0 bridgehead atoms. The van der Waals surface area contributed by atoms with Gasteiger partial charge < -0.3 is 9.47 Å². The number of halogens is 1. The average molecular weight is 226 g/mol. The van der Waals surface area contributed by atoms with Gasteiger partial charge in [0.25, 0.3) is 0 Å². The molecule has 1 rings (SSSR count). The normalized spacial score (nSPS) is 9.67. The van der Waals surface area contributed by atoms with Crippen LogP contribution in [0.2, 0.25) is 5.02 Å². The van der Waals surface area contributed by atoms with Crippen molar-refractivity contribution in [3.05, 3.63) is 28.8 Å². The molecule has 0 spiro atoms. The van der Waals surface area contributed by atoms with Crippen LogP contribution in [-0.2, 0) is 4.74 Å². The van der Waals surface area contributed by atoms with Crippen LogP contribution in [0.15, 0.2) is 18.2 Å². The van der Waals surface area contributed by atoms with Gasteiger partial charge in [-0.25, -0.2) is 0 Å². The molecule has 0 amide bonds. The summed E-state index contributed by atoms with van der Waals surface area (Å²) in [4.78, 5) is 0. The molecule has 0 aliphatic heterocycles.